The Kier molecular flexibility index (Phi) is 6.52. The normalized spacial score (nSPS) is 11.1. The Bertz CT molecular complexity index is 275. The van der Waals surface area contributed by atoms with Gasteiger partial charge in [-0.05, 0) is 0 Å². The first-order valence-corrected chi connectivity index (χ1v) is 4.04. The third-order valence-corrected chi connectivity index (χ3v) is 1.44. The number of allylic oxidation sites excluding steroid dienone is 1. The van der Waals surface area contributed by atoms with E-state index in [-0.39, 0.29) is 0 Å². The second-order valence-corrected chi connectivity index (χ2v) is 2.31. The number of aliphatic imine (C=N–C) groups is 1. The van der Waals surface area contributed by atoms with E-state index in [1.54, 1.807) is 18.0 Å². The fourth-order valence-corrected chi connectivity index (χ4v) is 0.901. The van der Waals surface area contributed by atoms with E-state index in [4.69, 9.17) is 0 Å². The summed E-state index contributed by atoms with van der Waals surface area (Å²) in [7, 11) is 0.706. The molecule has 0 N–H and O–H groups in total. The molecule has 13 heavy (non-hydrogen) atoms. The SMILES string of the molecule is C=C/B=C(C=C)\C(BC=C)=N/C=C. The van der Waals surface area contributed by atoms with Gasteiger partial charge >= 0.3 is 80.8 Å². The van der Waals surface area contributed by atoms with Gasteiger partial charge in [0.25, 0.3) is 0 Å². The predicted molar refractivity (Wildman–Crippen MR) is 66.1 cm³/mol. The van der Waals surface area contributed by atoms with Crippen LogP contribution in [0.3, 0.4) is 0 Å². The quantitative estimate of drug-likeness (QED) is 0.419. The first-order chi connectivity index (χ1) is 6.29. The van der Waals surface area contributed by atoms with Gasteiger partial charge in [-0.15, -0.1) is 0 Å². The van der Waals surface area contributed by atoms with Crippen molar-refractivity contribution >= 4 is 25.3 Å². The van der Waals surface area contributed by atoms with Crippen LogP contribution in [-0.4, -0.2) is 25.3 Å². The van der Waals surface area contributed by atoms with Crippen LogP contribution in [0.1, 0.15) is 0 Å². The van der Waals surface area contributed by atoms with Gasteiger partial charge in [-0.1, -0.05) is 0 Å². The molecule has 0 fully saturated rings. The van der Waals surface area contributed by atoms with Crippen molar-refractivity contribution in [2.75, 3.05) is 0 Å². The van der Waals surface area contributed by atoms with Crippen molar-refractivity contribution in [3.63, 3.8) is 0 Å². The van der Waals surface area contributed by atoms with E-state index in [0.717, 1.165) is 11.1 Å². The number of nitrogens with zero attached hydrogens (tertiary/aromatic N) is 1. The Morgan fingerprint density at radius 2 is 1.92 bits per heavy atom. The maximum absolute atomic E-state index is 4.13. The molecular formula is C10H13B2N. The van der Waals surface area contributed by atoms with Crippen LogP contribution < -0.4 is 0 Å². The molecule has 0 aromatic heterocycles. The Balaban J connectivity index is 4.88. The van der Waals surface area contributed by atoms with Crippen LogP contribution in [0.2, 0.25) is 0 Å². The molecule has 0 saturated heterocycles. The summed E-state index contributed by atoms with van der Waals surface area (Å²) in [5.41, 5.74) is 1.86. The van der Waals surface area contributed by atoms with Crippen molar-refractivity contribution in [2.45, 2.75) is 0 Å². The van der Waals surface area contributed by atoms with E-state index < -0.39 is 0 Å². The second-order valence-electron chi connectivity index (χ2n) is 2.31. The topological polar surface area (TPSA) is 12.4 Å². The molecule has 3 heteroatoms. The third-order valence-electron chi connectivity index (χ3n) is 1.44. The van der Waals surface area contributed by atoms with Gasteiger partial charge < -0.3 is 0 Å². The monoisotopic (exact) mass is 169 g/mol. The van der Waals surface area contributed by atoms with Gasteiger partial charge in [-0.2, -0.15) is 0 Å². The molecule has 0 bridgehead atoms. The Morgan fingerprint density at radius 1 is 1.23 bits per heavy atom. The van der Waals surface area contributed by atoms with E-state index in [1.165, 1.54) is 6.20 Å². The van der Waals surface area contributed by atoms with Crippen LogP contribution in [-0.2, 0) is 0 Å². The zero-order chi connectivity index (χ0) is 10.1. The van der Waals surface area contributed by atoms with Gasteiger partial charge in [-0.3, -0.25) is 0 Å². The van der Waals surface area contributed by atoms with Gasteiger partial charge in [0.05, 0.1) is 0 Å². The van der Waals surface area contributed by atoms with Crippen molar-refractivity contribution in [3.8, 4) is 0 Å². The van der Waals surface area contributed by atoms with Crippen LogP contribution in [0.25, 0.3) is 0 Å². The summed E-state index contributed by atoms with van der Waals surface area (Å²) in [6.07, 6.45) is 3.26. The van der Waals surface area contributed by atoms with E-state index in [0.29, 0.717) is 7.28 Å². The van der Waals surface area contributed by atoms with Gasteiger partial charge in [-0.25, -0.2) is 0 Å². The Labute approximate surface area is 81.4 Å². The van der Waals surface area contributed by atoms with E-state index in [9.17, 15) is 0 Å². The minimum absolute atomic E-state index is 0.706. The molecule has 0 spiro atoms. The molecule has 0 aliphatic heterocycles. The minimum atomic E-state index is 0.706. The fourth-order valence-electron chi connectivity index (χ4n) is 0.901. The Hall–Kier alpha value is -1.37. The maximum atomic E-state index is 4.13. The second kappa shape index (κ2) is 7.29. The van der Waals surface area contributed by atoms with Crippen LogP contribution in [0.4, 0.5) is 0 Å². The first kappa shape index (κ1) is 11.6. The van der Waals surface area contributed by atoms with E-state index in [2.05, 4.69) is 31.3 Å². The average Bonchev–Trinajstić information content (AvgIpc) is 2.14. The Morgan fingerprint density at radius 3 is 2.31 bits per heavy atom. The van der Waals surface area contributed by atoms with E-state index in [1.807, 2.05) is 6.92 Å². The number of hydrogen-bond donors (Lipinski definition) is 0. The summed E-state index contributed by atoms with van der Waals surface area (Å²) < 4.78 is 0. The standard InChI is InChI=1S/C10H13B2N/c1-5-9(11-6-2)10(12-7-3)13-8-4/h5-8,12H,1-4H2/b13-10+. The molecule has 0 aliphatic rings. The molecule has 0 unspecified atom stereocenters. The molecule has 0 radical (unpaired) electrons. The van der Waals surface area contributed by atoms with Crippen molar-refractivity contribution in [2.24, 2.45) is 4.99 Å². The van der Waals surface area contributed by atoms with E-state index >= 15 is 0 Å². The predicted octanol–water partition coefficient (Wildman–Crippen LogP) is 1.31. The summed E-state index contributed by atoms with van der Waals surface area (Å²) in [4.78, 5) is 4.13. The molecule has 64 valence electrons. The number of hydrogen-bond acceptors (Lipinski definition) is 1. The van der Waals surface area contributed by atoms with Crippen molar-refractivity contribution < 1.29 is 0 Å². The van der Waals surface area contributed by atoms with Crippen molar-refractivity contribution in [1.29, 1.82) is 0 Å². The molecule has 0 rings (SSSR count). The van der Waals surface area contributed by atoms with Crippen molar-refractivity contribution in [1.82, 2.24) is 0 Å². The summed E-state index contributed by atoms with van der Waals surface area (Å²) in [6, 6.07) is 0. The summed E-state index contributed by atoms with van der Waals surface area (Å²) in [5.74, 6) is 3.50. The average molecular weight is 169 g/mol. The zero-order valence-corrected chi connectivity index (χ0v) is 7.87. The summed E-state index contributed by atoms with van der Waals surface area (Å²) in [5, 5.41) is 0. The van der Waals surface area contributed by atoms with Gasteiger partial charge in [0.1, 0.15) is 0 Å². The van der Waals surface area contributed by atoms with Gasteiger partial charge in [0.2, 0.25) is 0 Å². The molecule has 0 amide bonds. The molecule has 0 aromatic carbocycles. The van der Waals surface area contributed by atoms with Crippen LogP contribution in [0.5, 0.6) is 0 Å². The summed E-state index contributed by atoms with van der Waals surface area (Å²) in [6.45, 7) is 16.4. The fraction of sp³-hybridized carbons (Fsp3) is 0. The van der Waals surface area contributed by atoms with Gasteiger partial charge in [0.15, 0.2) is 0 Å². The van der Waals surface area contributed by atoms with Crippen LogP contribution in [0, 0.1) is 0 Å². The molecular weight excluding hydrogens is 156 g/mol. The zero-order valence-electron chi connectivity index (χ0n) is 7.87. The molecule has 0 saturated carbocycles. The van der Waals surface area contributed by atoms with Crippen LogP contribution >= 0.6 is 0 Å². The van der Waals surface area contributed by atoms with Crippen molar-refractivity contribution in [3.05, 3.63) is 50.5 Å². The molecule has 1 nitrogen and oxygen atoms in total. The molecule has 0 heterocycles. The van der Waals surface area contributed by atoms with Crippen LogP contribution in [0.15, 0.2) is 55.5 Å². The number of rotatable bonds is 6. The third kappa shape index (κ3) is 4.26. The molecule has 0 aliphatic carbocycles. The molecule has 0 aromatic rings. The van der Waals surface area contributed by atoms with Gasteiger partial charge in [0, 0.05) is 0 Å². The first-order valence-electron chi connectivity index (χ1n) is 4.04. The molecule has 0 atom stereocenters. The summed E-state index contributed by atoms with van der Waals surface area (Å²) >= 11 is 0.